The Kier molecular flexibility index (Phi) is 4.34. The van der Waals surface area contributed by atoms with Crippen molar-refractivity contribution >= 4 is 5.57 Å². The van der Waals surface area contributed by atoms with Crippen molar-refractivity contribution in [2.75, 3.05) is 19.8 Å². The molecule has 3 rings (SSSR count). The van der Waals surface area contributed by atoms with Gasteiger partial charge >= 0.3 is 0 Å². The van der Waals surface area contributed by atoms with Crippen molar-refractivity contribution in [1.82, 2.24) is 0 Å². The average Bonchev–Trinajstić information content (AvgIpc) is 2.55. The minimum atomic E-state index is 0.659. The van der Waals surface area contributed by atoms with E-state index >= 15 is 0 Å². The predicted molar refractivity (Wildman–Crippen MR) is 81.8 cm³/mol. The van der Waals surface area contributed by atoms with E-state index in [1.807, 2.05) is 0 Å². The Labute approximate surface area is 120 Å². The van der Waals surface area contributed by atoms with E-state index in [9.17, 15) is 0 Å². The van der Waals surface area contributed by atoms with Crippen LogP contribution in [0.4, 0.5) is 0 Å². The molecule has 0 saturated heterocycles. The minimum Gasteiger partial charge on any atom is -0.489 e. The van der Waals surface area contributed by atoms with Crippen molar-refractivity contribution in [2.24, 2.45) is 0 Å². The molecule has 0 bridgehead atoms. The average molecular weight is 268 g/mol. The highest BCUT2D eigenvalue weighted by Gasteiger charge is 2.06. The zero-order valence-corrected chi connectivity index (χ0v) is 11.7. The number of rotatable bonds is 4. The minimum absolute atomic E-state index is 0.659. The van der Waals surface area contributed by atoms with Gasteiger partial charge in [-0.3, -0.25) is 0 Å². The quantitative estimate of drug-likeness (QED) is 0.817. The van der Waals surface area contributed by atoms with Crippen molar-refractivity contribution in [2.45, 2.75) is 19.3 Å². The molecule has 0 amide bonds. The fourth-order valence-electron chi connectivity index (χ4n) is 2.50. The first-order chi connectivity index (χ1) is 9.92. The van der Waals surface area contributed by atoms with Crippen LogP contribution in [0, 0.1) is 0 Å². The van der Waals surface area contributed by atoms with Crippen LogP contribution in [0.3, 0.4) is 0 Å². The molecule has 0 atom stereocenters. The van der Waals surface area contributed by atoms with Gasteiger partial charge in [0.2, 0.25) is 0 Å². The van der Waals surface area contributed by atoms with Gasteiger partial charge in [-0.2, -0.15) is 0 Å². The molecule has 20 heavy (non-hydrogen) atoms. The molecule has 1 aliphatic heterocycles. The van der Waals surface area contributed by atoms with Crippen LogP contribution in [0.1, 0.15) is 24.8 Å². The highest BCUT2D eigenvalue weighted by molar-refractivity contribution is 5.66. The third kappa shape index (κ3) is 3.40. The number of ether oxygens (including phenoxy) is 2. The molecule has 1 heterocycles. The van der Waals surface area contributed by atoms with Gasteiger partial charge in [-0.05, 0) is 48.1 Å². The number of hydrogen-bond donors (Lipinski definition) is 0. The Bertz CT molecular complexity index is 535. The first kappa shape index (κ1) is 13.2. The first-order valence-electron chi connectivity index (χ1n) is 7.27. The standard InChI is InChI=1S/C18H20O2/c1-2-4-15(5-3-1)14-20-18-8-6-16(7-9-18)17-10-12-19-13-11-17/h2,4-10H,1,3,11-14H2. The van der Waals surface area contributed by atoms with E-state index < -0.39 is 0 Å². The van der Waals surface area contributed by atoms with Crippen LogP contribution in [0.5, 0.6) is 5.75 Å². The van der Waals surface area contributed by atoms with Gasteiger partial charge in [0.25, 0.3) is 0 Å². The summed E-state index contributed by atoms with van der Waals surface area (Å²) in [4.78, 5) is 0. The maximum Gasteiger partial charge on any atom is 0.119 e. The third-order valence-corrected chi connectivity index (χ3v) is 3.67. The van der Waals surface area contributed by atoms with E-state index in [4.69, 9.17) is 9.47 Å². The van der Waals surface area contributed by atoms with Crippen LogP contribution < -0.4 is 4.74 Å². The molecular weight excluding hydrogens is 248 g/mol. The van der Waals surface area contributed by atoms with Crippen LogP contribution in [0.25, 0.3) is 5.57 Å². The molecule has 0 saturated carbocycles. The van der Waals surface area contributed by atoms with Crippen LogP contribution in [0.2, 0.25) is 0 Å². The smallest absolute Gasteiger partial charge is 0.119 e. The van der Waals surface area contributed by atoms with Gasteiger partial charge in [-0.25, -0.2) is 0 Å². The van der Waals surface area contributed by atoms with Crippen LogP contribution in [-0.2, 0) is 4.74 Å². The summed E-state index contributed by atoms with van der Waals surface area (Å²) in [6.07, 6.45) is 12.1. The second-order valence-electron chi connectivity index (χ2n) is 5.13. The molecular formula is C18H20O2. The fraction of sp³-hybridized carbons (Fsp3) is 0.333. The summed E-state index contributed by atoms with van der Waals surface area (Å²) in [6, 6.07) is 8.38. The molecule has 104 valence electrons. The molecule has 0 N–H and O–H groups in total. The Morgan fingerprint density at radius 2 is 1.95 bits per heavy atom. The number of benzene rings is 1. The maximum absolute atomic E-state index is 5.82. The van der Waals surface area contributed by atoms with Gasteiger partial charge in [-0.15, -0.1) is 0 Å². The van der Waals surface area contributed by atoms with Crippen LogP contribution >= 0.6 is 0 Å². The summed E-state index contributed by atoms with van der Waals surface area (Å²) in [7, 11) is 0. The summed E-state index contributed by atoms with van der Waals surface area (Å²) in [5, 5.41) is 0. The van der Waals surface area contributed by atoms with E-state index in [1.54, 1.807) is 0 Å². The molecule has 0 fully saturated rings. The SMILES string of the molecule is C1=CC(COc2ccc(C3=CCOCC3)cc2)=CCC1. The lowest BCUT2D eigenvalue weighted by molar-refractivity contribution is 0.161. The first-order valence-corrected chi connectivity index (χ1v) is 7.27. The molecule has 1 aliphatic carbocycles. The topological polar surface area (TPSA) is 18.5 Å². The number of allylic oxidation sites excluding steroid dienone is 2. The second-order valence-corrected chi connectivity index (χ2v) is 5.13. The highest BCUT2D eigenvalue weighted by Crippen LogP contribution is 2.23. The van der Waals surface area contributed by atoms with E-state index in [0.717, 1.165) is 38.2 Å². The lowest BCUT2D eigenvalue weighted by Gasteiger charge is -2.14. The van der Waals surface area contributed by atoms with Crippen molar-refractivity contribution in [1.29, 1.82) is 0 Å². The molecule has 2 nitrogen and oxygen atoms in total. The molecule has 0 radical (unpaired) electrons. The summed E-state index contributed by atoms with van der Waals surface area (Å²) in [5.74, 6) is 0.932. The normalized spacial score (nSPS) is 18.4. The lowest BCUT2D eigenvalue weighted by atomic mass is 10.0. The molecule has 0 aromatic heterocycles. The Morgan fingerprint density at radius 3 is 2.65 bits per heavy atom. The van der Waals surface area contributed by atoms with E-state index in [0.29, 0.717) is 6.61 Å². The Morgan fingerprint density at radius 1 is 1.05 bits per heavy atom. The third-order valence-electron chi connectivity index (χ3n) is 3.67. The van der Waals surface area contributed by atoms with E-state index in [2.05, 4.69) is 48.6 Å². The largest absolute Gasteiger partial charge is 0.489 e. The summed E-state index contributed by atoms with van der Waals surface area (Å²) in [6.45, 7) is 2.21. The summed E-state index contributed by atoms with van der Waals surface area (Å²) >= 11 is 0. The van der Waals surface area contributed by atoms with E-state index in [1.165, 1.54) is 16.7 Å². The monoisotopic (exact) mass is 268 g/mol. The van der Waals surface area contributed by atoms with Gasteiger partial charge in [0.15, 0.2) is 0 Å². The predicted octanol–water partition coefficient (Wildman–Crippen LogP) is 4.15. The zero-order chi connectivity index (χ0) is 13.6. The van der Waals surface area contributed by atoms with Gasteiger partial charge in [0.05, 0.1) is 13.2 Å². The second kappa shape index (κ2) is 6.58. The molecule has 0 spiro atoms. The lowest BCUT2D eigenvalue weighted by Crippen LogP contribution is -2.04. The van der Waals surface area contributed by atoms with Gasteiger partial charge in [0.1, 0.15) is 12.4 Å². The van der Waals surface area contributed by atoms with Gasteiger partial charge in [-0.1, -0.05) is 36.4 Å². The Hall–Kier alpha value is -1.80. The molecule has 0 unspecified atom stereocenters. The van der Waals surface area contributed by atoms with Crippen molar-refractivity contribution in [3.63, 3.8) is 0 Å². The fourth-order valence-corrected chi connectivity index (χ4v) is 2.50. The van der Waals surface area contributed by atoms with Gasteiger partial charge < -0.3 is 9.47 Å². The summed E-state index contributed by atoms with van der Waals surface area (Å²) in [5.41, 5.74) is 3.92. The molecule has 1 aromatic carbocycles. The zero-order valence-electron chi connectivity index (χ0n) is 11.7. The summed E-state index contributed by atoms with van der Waals surface area (Å²) < 4.78 is 11.2. The Balaban J connectivity index is 1.60. The van der Waals surface area contributed by atoms with Crippen molar-refractivity contribution < 1.29 is 9.47 Å². The molecule has 1 aromatic rings. The highest BCUT2D eigenvalue weighted by atomic mass is 16.5. The maximum atomic E-state index is 5.82. The molecule has 2 heteroatoms. The van der Waals surface area contributed by atoms with Crippen molar-refractivity contribution in [3.8, 4) is 5.75 Å². The molecule has 2 aliphatic rings. The van der Waals surface area contributed by atoms with E-state index in [-0.39, 0.29) is 0 Å². The van der Waals surface area contributed by atoms with Crippen LogP contribution in [0.15, 0.2) is 54.1 Å². The van der Waals surface area contributed by atoms with Crippen LogP contribution in [-0.4, -0.2) is 19.8 Å². The van der Waals surface area contributed by atoms with Gasteiger partial charge in [0, 0.05) is 0 Å². The van der Waals surface area contributed by atoms with Crippen molar-refractivity contribution in [3.05, 3.63) is 59.7 Å². The number of hydrogen-bond acceptors (Lipinski definition) is 2.